The highest BCUT2D eigenvalue weighted by Gasteiger charge is 2.40. The van der Waals surface area contributed by atoms with Crippen molar-refractivity contribution in [1.29, 1.82) is 0 Å². The molecule has 4 N–H and O–H groups in total. The third kappa shape index (κ3) is 25.6. The van der Waals surface area contributed by atoms with Crippen LogP contribution in [0, 0.1) is 23.7 Å². The molecule has 4 amide bonds. The summed E-state index contributed by atoms with van der Waals surface area (Å²) in [6.07, 6.45) is 10.2. The van der Waals surface area contributed by atoms with E-state index < -0.39 is 17.7 Å². The fourth-order valence-corrected chi connectivity index (χ4v) is 5.49. The lowest BCUT2D eigenvalue weighted by Crippen LogP contribution is -2.53. The monoisotopic (exact) mass is 740 g/mol. The fourth-order valence-electron chi connectivity index (χ4n) is 5.49. The van der Waals surface area contributed by atoms with E-state index in [0.29, 0.717) is 31.3 Å². The molecule has 2 aliphatic rings. The zero-order valence-electron chi connectivity index (χ0n) is 35.1. The van der Waals surface area contributed by atoms with Crippen LogP contribution in [-0.2, 0) is 28.7 Å². The largest absolute Gasteiger partial charge is 0.462 e. The lowest BCUT2D eigenvalue weighted by molar-refractivity contribution is -0.140. The van der Waals surface area contributed by atoms with E-state index in [2.05, 4.69) is 67.2 Å². The summed E-state index contributed by atoms with van der Waals surface area (Å²) in [6.45, 7) is 29.6. The van der Waals surface area contributed by atoms with Crippen molar-refractivity contribution in [3.8, 4) is 0 Å². The molecule has 1 aliphatic heterocycles. The van der Waals surface area contributed by atoms with Crippen molar-refractivity contribution in [2.75, 3.05) is 26.7 Å². The maximum absolute atomic E-state index is 12.7. The molecule has 1 saturated carbocycles. The van der Waals surface area contributed by atoms with Crippen molar-refractivity contribution in [3.05, 3.63) is 12.7 Å². The predicted octanol–water partition coefficient (Wildman–Crippen LogP) is 6.22. The van der Waals surface area contributed by atoms with Crippen molar-refractivity contribution in [1.82, 2.24) is 26.2 Å². The van der Waals surface area contributed by atoms with Gasteiger partial charge in [-0.2, -0.15) is 0 Å². The fraction of sp³-hybridized carbons (Fsp3) is 0.800. The molecule has 5 unspecified atom stereocenters. The number of carbonyl (C=O) groups is 6. The minimum atomic E-state index is -0.765. The van der Waals surface area contributed by atoms with Crippen molar-refractivity contribution >= 4 is 36.4 Å². The first kappa shape index (κ1) is 53.1. The number of carbonyl (C=O) groups excluding carboxylic acids is 6. The number of urea groups is 1. The Balaban J connectivity index is -0.000000724. The van der Waals surface area contributed by atoms with Crippen molar-refractivity contribution in [2.24, 2.45) is 23.7 Å². The van der Waals surface area contributed by atoms with Gasteiger partial charge in [-0.15, -0.1) is 6.58 Å². The zero-order valence-corrected chi connectivity index (χ0v) is 35.1. The van der Waals surface area contributed by atoms with E-state index in [0.717, 1.165) is 44.4 Å². The molecule has 0 spiro atoms. The maximum Gasteiger partial charge on any atom is 0.315 e. The molecule has 12 heteroatoms. The third-order valence-electron chi connectivity index (χ3n) is 8.17. The second-order valence-electron chi connectivity index (χ2n) is 14.9. The topological polar surface area (TPSA) is 163 Å². The number of ketones is 1. The Morgan fingerprint density at radius 1 is 0.942 bits per heavy atom. The van der Waals surface area contributed by atoms with Gasteiger partial charge in [-0.3, -0.25) is 24.1 Å². The Morgan fingerprint density at radius 3 is 1.88 bits per heavy atom. The van der Waals surface area contributed by atoms with Gasteiger partial charge in [0.15, 0.2) is 0 Å². The third-order valence-corrected chi connectivity index (χ3v) is 8.17. The molecule has 1 saturated heterocycles. The number of nitrogens with one attached hydrogen (secondary N) is 4. The van der Waals surface area contributed by atoms with E-state index in [9.17, 15) is 28.8 Å². The molecule has 52 heavy (non-hydrogen) atoms. The molecule has 5 atom stereocenters. The highest BCUT2D eigenvalue weighted by atomic mass is 16.5. The molecule has 2 fully saturated rings. The Morgan fingerprint density at radius 2 is 1.50 bits per heavy atom. The van der Waals surface area contributed by atoms with E-state index in [4.69, 9.17) is 0 Å². The van der Waals surface area contributed by atoms with Crippen molar-refractivity contribution in [3.63, 3.8) is 0 Å². The molecule has 1 aliphatic carbocycles. The number of hydrogen-bond donors (Lipinski definition) is 4. The zero-order chi connectivity index (χ0) is 40.9. The molecular weight excluding hydrogens is 662 g/mol. The molecule has 0 radical (unpaired) electrons. The molecule has 0 aromatic rings. The minimum Gasteiger partial charge on any atom is -0.462 e. The van der Waals surface area contributed by atoms with Crippen molar-refractivity contribution < 1.29 is 33.5 Å². The highest BCUT2D eigenvalue weighted by molar-refractivity contribution is 6.38. The van der Waals surface area contributed by atoms with Crippen LogP contribution in [0.15, 0.2) is 12.7 Å². The van der Waals surface area contributed by atoms with Crippen LogP contribution >= 0.6 is 0 Å². The van der Waals surface area contributed by atoms with Gasteiger partial charge in [0.05, 0.1) is 18.1 Å². The average molecular weight is 740 g/mol. The summed E-state index contributed by atoms with van der Waals surface area (Å²) < 4.78 is 4.55. The first-order valence-corrected chi connectivity index (χ1v) is 19.4. The molecule has 12 nitrogen and oxygen atoms in total. The number of unbranched alkanes of at least 4 members (excludes halogenated alkanes) is 1. The van der Waals surface area contributed by atoms with Crippen LogP contribution in [0.5, 0.6) is 0 Å². The lowest BCUT2D eigenvalue weighted by Gasteiger charge is -2.27. The molecule has 2 rings (SSSR count). The van der Waals surface area contributed by atoms with Gasteiger partial charge < -0.3 is 30.8 Å². The Labute approximate surface area is 316 Å². The Hall–Kier alpha value is -3.28. The van der Waals surface area contributed by atoms with E-state index in [-0.39, 0.29) is 42.1 Å². The normalized spacial score (nSPS) is 19.4. The molecule has 0 bridgehead atoms. The molecule has 304 valence electrons. The van der Waals surface area contributed by atoms with Gasteiger partial charge in [0.1, 0.15) is 11.9 Å². The number of ether oxygens (including phenoxy) is 1. The summed E-state index contributed by atoms with van der Waals surface area (Å²) in [5, 5.41) is 10.7. The summed E-state index contributed by atoms with van der Waals surface area (Å²) in [6, 6.07) is -1.57. The second-order valence-corrected chi connectivity index (χ2v) is 14.9. The van der Waals surface area contributed by atoms with Gasteiger partial charge in [-0.05, 0) is 77.7 Å². The van der Waals surface area contributed by atoms with Gasteiger partial charge in [0, 0.05) is 19.6 Å². The summed E-state index contributed by atoms with van der Waals surface area (Å²) >= 11 is 0. The van der Waals surface area contributed by atoms with Crippen LogP contribution < -0.4 is 21.3 Å². The Bertz CT molecular complexity index is 1010. The van der Waals surface area contributed by atoms with Crippen LogP contribution in [0.2, 0.25) is 0 Å². The van der Waals surface area contributed by atoms with Gasteiger partial charge in [-0.25, -0.2) is 4.79 Å². The maximum atomic E-state index is 12.7. The van der Waals surface area contributed by atoms with E-state index >= 15 is 0 Å². The van der Waals surface area contributed by atoms with Crippen molar-refractivity contribution in [2.45, 2.75) is 158 Å². The first-order valence-electron chi connectivity index (χ1n) is 19.4. The lowest BCUT2D eigenvalue weighted by atomic mass is 9.84. The van der Waals surface area contributed by atoms with Crippen LogP contribution in [-0.4, -0.2) is 91.7 Å². The minimum absolute atomic E-state index is 0.166. The SMILES string of the molecule is C=CCNC(=O)C(=O)C(CCCC)NC(=O)C1C(C)C(C)CN1C.CC.CC(C)(C)OC=O.CC(C)C.CCNC(=O)NC(C=O)C1CCCCC1. The average Bonchev–Trinajstić information content (AvgIpc) is 3.35. The number of likely N-dealkylation sites (tertiary alicyclic amines) is 1. The van der Waals surface area contributed by atoms with E-state index in [1.54, 1.807) is 0 Å². The standard InChI is InChI=1S/C18H31N3O3.C11H20N2O2.C5H10O2.C4H10.C2H6/c1-6-8-9-14(16(22)18(24)19-10-7-2)20-17(23)15-13(4)12(3)11-21(15)5;1-2-12-11(15)13-10(8-14)9-6-4-3-5-7-9;1-5(2,3)7-4-6;1-4(2)3;1-2/h7,12-15H,2,6,8-11H2,1,3-5H3,(H,19,24)(H,20,23);8-10H,2-7H2,1H3,(H2,12,13,15);4H,1-3H3;4H,1-3H3;1-2H3. The quantitative estimate of drug-likeness (QED) is 0.0928. The van der Waals surface area contributed by atoms with E-state index in [1.165, 1.54) is 25.3 Å². The van der Waals surface area contributed by atoms with Crippen LogP contribution in [0.25, 0.3) is 0 Å². The number of Topliss-reactive ketones (excluding diaryl/α,β-unsaturated/α-hetero) is 1. The smallest absolute Gasteiger partial charge is 0.315 e. The number of likely N-dealkylation sites (N-methyl/N-ethyl adjacent to an activating group) is 1. The molecule has 0 aromatic heterocycles. The number of hydrogen-bond acceptors (Lipinski definition) is 8. The number of rotatable bonds is 14. The van der Waals surface area contributed by atoms with Crippen LogP contribution in [0.1, 0.15) is 134 Å². The summed E-state index contributed by atoms with van der Waals surface area (Å²) in [5.41, 5.74) is -0.318. The first-order chi connectivity index (χ1) is 24.4. The number of nitrogens with zero attached hydrogens (tertiary/aromatic N) is 1. The number of amides is 4. The summed E-state index contributed by atoms with van der Waals surface area (Å²) in [5.74, 6) is 0.384. The number of aldehydes is 1. The summed E-state index contributed by atoms with van der Waals surface area (Å²) in [4.78, 5) is 70.7. The van der Waals surface area contributed by atoms with Gasteiger partial charge >= 0.3 is 6.03 Å². The Kier molecular flexibility index (Phi) is 31.9. The molecule has 1 heterocycles. The molecular formula is C40H77N5O7. The van der Waals surface area contributed by atoms with E-state index in [1.807, 2.05) is 60.4 Å². The van der Waals surface area contributed by atoms with Crippen LogP contribution in [0.4, 0.5) is 4.79 Å². The van der Waals surface area contributed by atoms with Gasteiger partial charge in [0.25, 0.3) is 12.4 Å². The van der Waals surface area contributed by atoms with Gasteiger partial charge in [0.2, 0.25) is 11.7 Å². The van der Waals surface area contributed by atoms with Gasteiger partial charge in [-0.1, -0.05) is 93.6 Å². The second kappa shape index (κ2) is 31.3. The van der Waals surface area contributed by atoms with Crippen LogP contribution in [0.3, 0.4) is 0 Å². The molecule has 0 aromatic carbocycles. The summed E-state index contributed by atoms with van der Waals surface area (Å²) in [7, 11) is 1.92. The highest BCUT2D eigenvalue weighted by Crippen LogP contribution is 2.28. The predicted molar refractivity (Wildman–Crippen MR) is 212 cm³/mol.